The van der Waals surface area contributed by atoms with E-state index in [1.807, 2.05) is 23.1 Å². The van der Waals surface area contributed by atoms with Crippen LogP contribution in [-0.2, 0) is 19.6 Å². The molecule has 1 N–H and O–H groups in total. The van der Waals surface area contributed by atoms with E-state index in [9.17, 15) is 0 Å². The number of rotatable bonds is 6. The zero-order valence-corrected chi connectivity index (χ0v) is 13.8. The average Bonchev–Trinajstić information content (AvgIpc) is 3.15. The van der Waals surface area contributed by atoms with Crippen LogP contribution in [0.4, 0.5) is 5.69 Å². The zero-order valence-electron chi connectivity index (χ0n) is 13.8. The molecule has 0 saturated heterocycles. The van der Waals surface area contributed by atoms with E-state index in [-0.39, 0.29) is 0 Å². The van der Waals surface area contributed by atoms with Crippen LogP contribution in [0.25, 0.3) is 0 Å². The Morgan fingerprint density at radius 1 is 1.18 bits per heavy atom. The summed E-state index contributed by atoms with van der Waals surface area (Å²) in [6.45, 7) is 10.9. The van der Waals surface area contributed by atoms with Gasteiger partial charge in [0, 0.05) is 43.8 Å². The van der Waals surface area contributed by atoms with Gasteiger partial charge in [0.2, 0.25) is 0 Å². The van der Waals surface area contributed by atoms with Gasteiger partial charge in [0.15, 0.2) is 0 Å². The number of hydrogen-bond donors (Lipinski definition) is 1. The number of nitrogens with one attached hydrogen (secondary N) is 1. The number of anilines is 1. The van der Waals surface area contributed by atoms with E-state index in [1.54, 1.807) is 0 Å². The van der Waals surface area contributed by atoms with Gasteiger partial charge in [-0.1, -0.05) is 26.0 Å². The third-order valence-corrected chi connectivity index (χ3v) is 4.76. The monoisotopic (exact) mass is 298 g/mol. The predicted molar refractivity (Wildman–Crippen MR) is 90.7 cm³/mol. The lowest BCUT2D eigenvalue weighted by Crippen LogP contribution is -2.32. The average molecular weight is 298 g/mol. The molecule has 22 heavy (non-hydrogen) atoms. The molecule has 0 unspecified atom stereocenters. The molecule has 1 aliphatic heterocycles. The van der Waals surface area contributed by atoms with Gasteiger partial charge < -0.3 is 5.32 Å². The standard InChI is InChI=1S/C18H26N4/c1-14(2)15(3)21-12-16-6-4-7-18(17(16)13-21)19-9-11-22-10-5-8-20-22/h4-8,10,14-15,19H,9,11-13H2,1-3H3/t15-/m0/s1. The maximum atomic E-state index is 4.24. The van der Waals surface area contributed by atoms with Gasteiger partial charge in [-0.2, -0.15) is 5.10 Å². The molecule has 0 bridgehead atoms. The van der Waals surface area contributed by atoms with E-state index >= 15 is 0 Å². The predicted octanol–water partition coefficient (Wildman–Crippen LogP) is 3.36. The summed E-state index contributed by atoms with van der Waals surface area (Å²) in [5.41, 5.74) is 4.22. The molecule has 4 nitrogen and oxygen atoms in total. The van der Waals surface area contributed by atoms with E-state index in [2.05, 4.69) is 54.3 Å². The van der Waals surface area contributed by atoms with Crippen LogP contribution in [0.15, 0.2) is 36.7 Å². The van der Waals surface area contributed by atoms with Crippen molar-refractivity contribution < 1.29 is 0 Å². The lowest BCUT2D eigenvalue weighted by atomic mass is 10.1. The fraction of sp³-hybridized carbons (Fsp3) is 0.500. The first-order chi connectivity index (χ1) is 10.6. The van der Waals surface area contributed by atoms with Crippen LogP contribution in [0.5, 0.6) is 0 Å². The summed E-state index contributed by atoms with van der Waals surface area (Å²) in [6, 6.07) is 9.21. The summed E-state index contributed by atoms with van der Waals surface area (Å²) in [5, 5.41) is 7.83. The third-order valence-electron chi connectivity index (χ3n) is 4.76. The molecule has 3 rings (SSSR count). The van der Waals surface area contributed by atoms with Crippen molar-refractivity contribution >= 4 is 5.69 Å². The summed E-state index contributed by atoms with van der Waals surface area (Å²) in [4.78, 5) is 2.58. The molecule has 1 aromatic heterocycles. The Hall–Kier alpha value is -1.81. The highest BCUT2D eigenvalue weighted by Crippen LogP contribution is 2.31. The Morgan fingerprint density at radius 2 is 2.05 bits per heavy atom. The van der Waals surface area contributed by atoms with Gasteiger partial charge in [0.1, 0.15) is 0 Å². The van der Waals surface area contributed by atoms with Crippen molar-refractivity contribution in [3.63, 3.8) is 0 Å². The highest BCUT2D eigenvalue weighted by Gasteiger charge is 2.26. The van der Waals surface area contributed by atoms with Gasteiger partial charge in [-0.3, -0.25) is 9.58 Å². The maximum absolute atomic E-state index is 4.24. The largest absolute Gasteiger partial charge is 0.383 e. The molecule has 1 aromatic carbocycles. The van der Waals surface area contributed by atoms with Gasteiger partial charge in [0.05, 0.1) is 6.54 Å². The van der Waals surface area contributed by atoms with E-state index in [0.29, 0.717) is 12.0 Å². The zero-order chi connectivity index (χ0) is 15.5. The van der Waals surface area contributed by atoms with Crippen molar-refractivity contribution in [2.75, 3.05) is 11.9 Å². The minimum atomic E-state index is 0.615. The molecule has 0 aliphatic carbocycles. The Morgan fingerprint density at radius 3 is 2.77 bits per heavy atom. The quantitative estimate of drug-likeness (QED) is 0.888. The lowest BCUT2D eigenvalue weighted by Gasteiger charge is -2.27. The van der Waals surface area contributed by atoms with Crippen LogP contribution in [0, 0.1) is 5.92 Å². The molecule has 0 amide bonds. The first-order valence-electron chi connectivity index (χ1n) is 8.21. The topological polar surface area (TPSA) is 33.1 Å². The number of fused-ring (bicyclic) bond motifs is 1. The minimum Gasteiger partial charge on any atom is -0.383 e. The molecule has 2 aromatic rings. The van der Waals surface area contributed by atoms with Crippen molar-refractivity contribution in [3.05, 3.63) is 47.8 Å². The van der Waals surface area contributed by atoms with E-state index in [0.717, 1.165) is 26.2 Å². The van der Waals surface area contributed by atoms with Crippen molar-refractivity contribution in [3.8, 4) is 0 Å². The van der Waals surface area contributed by atoms with E-state index in [4.69, 9.17) is 0 Å². The molecule has 0 radical (unpaired) electrons. The highest BCUT2D eigenvalue weighted by molar-refractivity contribution is 5.56. The summed E-state index contributed by atoms with van der Waals surface area (Å²) >= 11 is 0. The van der Waals surface area contributed by atoms with Gasteiger partial charge in [-0.05, 0) is 36.1 Å². The molecule has 1 aliphatic rings. The highest BCUT2D eigenvalue weighted by atomic mass is 15.3. The SMILES string of the molecule is CC(C)[C@H](C)N1Cc2cccc(NCCn3cccn3)c2C1. The molecule has 0 saturated carbocycles. The fourth-order valence-electron chi connectivity index (χ4n) is 3.06. The van der Waals surface area contributed by atoms with Crippen molar-refractivity contribution in [1.29, 1.82) is 0 Å². The summed E-state index contributed by atoms with van der Waals surface area (Å²) in [7, 11) is 0. The van der Waals surface area contributed by atoms with Gasteiger partial charge >= 0.3 is 0 Å². The van der Waals surface area contributed by atoms with Gasteiger partial charge in [0.25, 0.3) is 0 Å². The molecule has 2 heterocycles. The second kappa shape index (κ2) is 6.53. The summed E-state index contributed by atoms with van der Waals surface area (Å²) in [5.74, 6) is 0.686. The van der Waals surface area contributed by atoms with Gasteiger partial charge in [-0.25, -0.2) is 0 Å². The summed E-state index contributed by atoms with van der Waals surface area (Å²) < 4.78 is 1.96. The number of benzene rings is 1. The van der Waals surface area contributed by atoms with Crippen LogP contribution in [-0.4, -0.2) is 27.3 Å². The Kier molecular flexibility index (Phi) is 4.48. The van der Waals surface area contributed by atoms with Gasteiger partial charge in [-0.15, -0.1) is 0 Å². The summed E-state index contributed by atoms with van der Waals surface area (Å²) in [6.07, 6.45) is 3.83. The number of aromatic nitrogens is 2. The fourth-order valence-corrected chi connectivity index (χ4v) is 3.06. The van der Waals surface area contributed by atoms with Crippen LogP contribution in [0.1, 0.15) is 31.9 Å². The van der Waals surface area contributed by atoms with Crippen molar-refractivity contribution in [2.24, 2.45) is 5.92 Å². The molecule has 0 spiro atoms. The Balaban J connectivity index is 1.64. The second-order valence-electron chi connectivity index (χ2n) is 6.53. The van der Waals surface area contributed by atoms with Crippen LogP contribution >= 0.6 is 0 Å². The third kappa shape index (κ3) is 3.17. The van der Waals surface area contributed by atoms with E-state index in [1.165, 1.54) is 16.8 Å². The molecule has 4 heteroatoms. The second-order valence-corrected chi connectivity index (χ2v) is 6.53. The normalized spacial score (nSPS) is 16.0. The number of hydrogen-bond acceptors (Lipinski definition) is 3. The van der Waals surface area contributed by atoms with Crippen LogP contribution in [0.2, 0.25) is 0 Å². The first kappa shape index (κ1) is 15.1. The molecule has 1 atom stereocenters. The Bertz CT molecular complexity index is 604. The van der Waals surface area contributed by atoms with Crippen LogP contribution in [0.3, 0.4) is 0 Å². The molecule has 118 valence electrons. The lowest BCUT2D eigenvalue weighted by molar-refractivity contribution is 0.170. The molecule has 0 fully saturated rings. The van der Waals surface area contributed by atoms with Crippen LogP contribution < -0.4 is 5.32 Å². The maximum Gasteiger partial charge on any atom is 0.0582 e. The van der Waals surface area contributed by atoms with Crippen molar-refractivity contribution in [2.45, 2.75) is 46.4 Å². The van der Waals surface area contributed by atoms with Crippen molar-refractivity contribution in [1.82, 2.24) is 14.7 Å². The van der Waals surface area contributed by atoms with E-state index < -0.39 is 0 Å². The first-order valence-corrected chi connectivity index (χ1v) is 8.21. The molecular weight excluding hydrogens is 272 g/mol. The smallest absolute Gasteiger partial charge is 0.0582 e. The number of nitrogens with zero attached hydrogens (tertiary/aromatic N) is 3. The molecular formula is C18H26N4. The Labute approximate surface area is 133 Å². The minimum absolute atomic E-state index is 0.615.